The van der Waals surface area contributed by atoms with Gasteiger partial charge >= 0.3 is 0 Å². The van der Waals surface area contributed by atoms with Crippen molar-refractivity contribution >= 4 is 0 Å². The Morgan fingerprint density at radius 2 is 2.00 bits per heavy atom. The Kier molecular flexibility index (Phi) is 4.61. The summed E-state index contributed by atoms with van der Waals surface area (Å²) in [7, 11) is 0. The first-order valence-corrected chi connectivity index (χ1v) is 8.85. The molecule has 25 heavy (non-hydrogen) atoms. The first-order chi connectivity index (χ1) is 12.3. The Bertz CT molecular complexity index is 828. The molecule has 1 fully saturated rings. The van der Waals surface area contributed by atoms with E-state index in [1.54, 1.807) is 12.1 Å². The second-order valence-electron chi connectivity index (χ2n) is 6.77. The molecule has 0 aliphatic carbocycles. The molecule has 0 spiro atoms. The number of likely N-dealkylation sites (tertiary alicyclic amines) is 1. The zero-order valence-electron chi connectivity index (χ0n) is 14.2. The van der Waals surface area contributed by atoms with Gasteiger partial charge in [-0.15, -0.1) is 0 Å². The number of aromatic nitrogens is 2. The van der Waals surface area contributed by atoms with Crippen molar-refractivity contribution in [2.24, 2.45) is 0 Å². The molecule has 1 saturated heterocycles. The Morgan fingerprint density at radius 1 is 1.12 bits per heavy atom. The summed E-state index contributed by atoms with van der Waals surface area (Å²) in [5.74, 6) is 0.192. The van der Waals surface area contributed by atoms with Crippen molar-refractivity contribution in [1.82, 2.24) is 15.1 Å². The second-order valence-corrected chi connectivity index (χ2v) is 6.77. The van der Waals surface area contributed by atoms with E-state index in [9.17, 15) is 4.39 Å². The van der Waals surface area contributed by atoms with E-state index in [1.165, 1.54) is 18.1 Å². The molecule has 1 N–H and O–H groups in total. The van der Waals surface area contributed by atoms with Crippen LogP contribution in [0.4, 0.5) is 4.39 Å². The standard InChI is InChI=1S/C21H22FN3/c22-19-10-4-8-17(12-19)20-13-23-24-21(20)18-9-5-11-25(15-18)14-16-6-2-1-3-7-16/h1-4,6-8,10,12-13,18H,5,9,11,14-15H2,(H,23,24)/t18-/m1/s1. The van der Waals surface area contributed by atoms with Gasteiger partial charge < -0.3 is 0 Å². The van der Waals surface area contributed by atoms with Crippen LogP contribution in [0.3, 0.4) is 0 Å². The van der Waals surface area contributed by atoms with E-state index in [4.69, 9.17) is 0 Å². The fourth-order valence-electron chi connectivity index (χ4n) is 3.77. The molecular weight excluding hydrogens is 313 g/mol. The Morgan fingerprint density at radius 3 is 2.84 bits per heavy atom. The molecule has 0 radical (unpaired) electrons. The maximum Gasteiger partial charge on any atom is 0.123 e. The fourth-order valence-corrected chi connectivity index (χ4v) is 3.77. The summed E-state index contributed by atoms with van der Waals surface area (Å²) >= 11 is 0. The zero-order chi connectivity index (χ0) is 17.1. The summed E-state index contributed by atoms with van der Waals surface area (Å²) in [6.45, 7) is 3.09. The van der Waals surface area contributed by atoms with E-state index in [1.807, 2.05) is 12.3 Å². The molecule has 0 saturated carbocycles. The highest BCUT2D eigenvalue weighted by Crippen LogP contribution is 2.33. The Balaban J connectivity index is 1.53. The van der Waals surface area contributed by atoms with Crippen LogP contribution in [0.25, 0.3) is 11.1 Å². The van der Waals surface area contributed by atoms with Crippen molar-refractivity contribution in [2.75, 3.05) is 13.1 Å². The number of halogens is 1. The number of aromatic amines is 1. The van der Waals surface area contributed by atoms with Crippen LogP contribution in [-0.2, 0) is 6.54 Å². The first kappa shape index (κ1) is 16.0. The summed E-state index contributed by atoms with van der Waals surface area (Å²) in [6, 6.07) is 17.4. The molecule has 1 aliphatic heterocycles. The number of H-pyrrole nitrogens is 1. The molecule has 1 aliphatic rings. The largest absolute Gasteiger partial charge is 0.298 e. The smallest absolute Gasteiger partial charge is 0.123 e. The predicted octanol–water partition coefficient (Wildman–Crippen LogP) is 4.60. The Hall–Kier alpha value is -2.46. The molecule has 2 aromatic carbocycles. The van der Waals surface area contributed by atoms with Gasteiger partial charge in [0, 0.05) is 30.3 Å². The van der Waals surface area contributed by atoms with Gasteiger partial charge in [0.1, 0.15) is 5.82 Å². The number of hydrogen-bond donors (Lipinski definition) is 1. The SMILES string of the molecule is Fc1cccc(-c2cn[nH]c2[C@@H]2CCCN(Cc3ccccc3)C2)c1. The van der Waals surface area contributed by atoms with Crippen LogP contribution >= 0.6 is 0 Å². The molecule has 0 bridgehead atoms. The maximum atomic E-state index is 13.6. The minimum atomic E-state index is -0.209. The van der Waals surface area contributed by atoms with Gasteiger partial charge in [-0.3, -0.25) is 10.00 Å². The first-order valence-electron chi connectivity index (χ1n) is 8.85. The molecule has 1 aromatic heterocycles. The van der Waals surface area contributed by atoms with Crippen molar-refractivity contribution in [1.29, 1.82) is 0 Å². The van der Waals surface area contributed by atoms with Crippen LogP contribution in [0.15, 0.2) is 60.8 Å². The second kappa shape index (κ2) is 7.19. The van der Waals surface area contributed by atoms with Crippen molar-refractivity contribution in [3.8, 4) is 11.1 Å². The molecule has 0 unspecified atom stereocenters. The van der Waals surface area contributed by atoms with Crippen LogP contribution in [0.1, 0.15) is 30.0 Å². The van der Waals surface area contributed by atoms with E-state index in [0.29, 0.717) is 5.92 Å². The van der Waals surface area contributed by atoms with Crippen LogP contribution in [0, 0.1) is 5.82 Å². The highest BCUT2D eigenvalue weighted by Gasteiger charge is 2.25. The monoisotopic (exact) mass is 335 g/mol. The van der Waals surface area contributed by atoms with Crippen LogP contribution in [0.2, 0.25) is 0 Å². The lowest BCUT2D eigenvalue weighted by molar-refractivity contribution is 0.198. The van der Waals surface area contributed by atoms with Crippen molar-refractivity contribution in [2.45, 2.75) is 25.3 Å². The van der Waals surface area contributed by atoms with E-state index in [2.05, 4.69) is 45.4 Å². The van der Waals surface area contributed by atoms with Gasteiger partial charge in [0.2, 0.25) is 0 Å². The minimum Gasteiger partial charge on any atom is -0.298 e. The molecule has 0 amide bonds. The van der Waals surface area contributed by atoms with Gasteiger partial charge in [0.25, 0.3) is 0 Å². The predicted molar refractivity (Wildman–Crippen MR) is 97.7 cm³/mol. The quantitative estimate of drug-likeness (QED) is 0.756. The average Bonchev–Trinajstić information content (AvgIpc) is 3.13. The van der Waals surface area contributed by atoms with Crippen molar-refractivity contribution < 1.29 is 4.39 Å². The molecule has 4 rings (SSSR count). The van der Waals surface area contributed by atoms with Gasteiger partial charge in [0.15, 0.2) is 0 Å². The molecule has 2 heterocycles. The summed E-state index contributed by atoms with van der Waals surface area (Å²) < 4.78 is 13.6. The molecule has 128 valence electrons. The molecule has 4 heteroatoms. The van der Waals surface area contributed by atoms with Crippen LogP contribution in [-0.4, -0.2) is 28.2 Å². The normalized spacial score (nSPS) is 18.4. The third-order valence-corrected chi connectivity index (χ3v) is 4.97. The number of hydrogen-bond acceptors (Lipinski definition) is 2. The van der Waals surface area contributed by atoms with Gasteiger partial charge in [-0.05, 0) is 42.6 Å². The number of benzene rings is 2. The summed E-state index contributed by atoms with van der Waals surface area (Å²) in [4.78, 5) is 2.50. The maximum absolute atomic E-state index is 13.6. The molecular formula is C21H22FN3. The highest BCUT2D eigenvalue weighted by molar-refractivity contribution is 5.65. The third-order valence-electron chi connectivity index (χ3n) is 4.97. The van der Waals surface area contributed by atoms with Crippen molar-refractivity contribution in [3.05, 3.63) is 77.9 Å². The topological polar surface area (TPSA) is 31.9 Å². The minimum absolute atomic E-state index is 0.209. The van der Waals surface area contributed by atoms with Gasteiger partial charge in [-0.25, -0.2) is 4.39 Å². The van der Waals surface area contributed by atoms with E-state index < -0.39 is 0 Å². The van der Waals surface area contributed by atoms with E-state index in [-0.39, 0.29) is 5.82 Å². The van der Waals surface area contributed by atoms with Gasteiger partial charge in [-0.2, -0.15) is 5.10 Å². The number of piperidine rings is 1. The summed E-state index contributed by atoms with van der Waals surface area (Å²) in [6.07, 6.45) is 4.12. The van der Waals surface area contributed by atoms with Crippen LogP contribution < -0.4 is 0 Å². The lowest BCUT2D eigenvalue weighted by atomic mass is 9.90. The lowest BCUT2D eigenvalue weighted by Crippen LogP contribution is -2.34. The summed E-state index contributed by atoms with van der Waals surface area (Å²) in [5, 5.41) is 7.43. The van der Waals surface area contributed by atoms with Crippen LogP contribution in [0.5, 0.6) is 0 Å². The highest BCUT2D eigenvalue weighted by atomic mass is 19.1. The molecule has 3 aromatic rings. The average molecular weight is 335 g/mol. The van der Waals surface area contributed by atoms with E-state index in [0.717, 1.165) is 42.9 Å². The van der Waals surface area contributed by atoms with Crippen molar-refractivity contribution in [3.63, 3.8) is 0 Å². The number of nitrogens with zero attached hydrogens (tertiary/aromatic N) is 2. The Labute approximate surface area is 147 Å². The van der Waals surface area contributed by atoms with Gasteiger partial charge in [-0.1, -0.05) is 42.5 Å². The van der Waals surface area contributed by atoms with E-state index >= 15 is 0 Å². The zero-order valence-corrected chi connectivity index (χ0v) is 14.2. The number of rotatable bonds is 4. The number of nitrogens with one attached hydrogen (secondary N) is 1. The lowest BCUT2D eigenvalue weighted by Gasteiger charge is -2.32. The summed E-state index contributed by atoms with van der Waals surface area (Å²) in [5.41, 5.74) is 4.39. The molecule has 3 nitrogen and oxygen atoms in total. The van der Waals surface area contributed by atoms with Gasteiger partial charge in [0.05, 0.1) is 6.20 Å². The fraction of sp³-hybridized carbons (Fsp3) is 0.286. The third kappa shape index (κ3) is 3.64. The molecule has 1 atom stereocenters.